The van der Waals surface area contributed by atoms with E-state index in [-0.39, 0.29) is 24.9 Å². The molecule has 1 aliphatic heterocycles. The molecule has 1 saturated carbocycles. The molecule has 1 saturated heterocycles. The Morgan fingerprint density at radius 1 is 1.32 bits per heavy atom. The summed E-state index contributed by atoms with van der Waals surface area (Å²) in [6.45, 7) is -1.39. The van der Waals surface area contributed by atoms with Gasteiger partial charge in [0.25, 0.3) is 0 Å². The Labute approximate surface area is 109 Å². The van der Waals surface area contributed by atoms with Crippen LogP contribution in [-0.4, -0.2) is 42.0 Å². The molecule has 0 aromatic carbocycles. The van der Waals surface area contributed by atoms with Gasteiger partial charge in [0.2, 0.25) is 11.8 Å². The molecule has 1 heterocycles. The van der Waals surface area contributed by atoms with Gasteiger partial charge in [-0.3, -0.25) is 9.59 Å². The van der Waals surface area contributed by atoms with Crippen LogP contribution in [0.5, 0.6) is 0 Å². The van der Waals surface area contributed by atoms with Gasteiger partial charge in [0.1, 0.15) is 6.54 Å². The van der Waals surface area contributed by atoms with E-state index in [2.05, 4.69) is 5.32 Å². The number of carbonyl (C=O) groups excluding carboxylic acids is 2. The lowest BCUT2D eigenvalue weighted by Crippen LogP contribution is -2.39. The van der Waals surface area contributed by atoms with E-state index < -0.39 is 24.5 Å². The van der Waals surface area contributed by atoms with Crippen LogP contribution in [0, 0.1) is 5.92 Å². The Morgan fingerprint density at radius 3 is 2.53 bits per heavy atom. The SMILES string of the molecule is O=C(NC1CCCC1)[C@H]1CC(=O)N(CC(F)(F)F)C1. The van der Waals surface area contributed by atoms with E-state index in [1.54, 1.807) is 0 Å². The summed E-state index contributed by atoms with van der Waals surface area (Å²) in [6.07, 6.45) is -0.568. The lowest BCUT2D eigenvalue weighted by Gasteiger charge is -2.19. The Kier molecular flexibility index (Phi) is 4.01. The smallest absolute Gasteiger partial charge is 0.353 e. The number of amides is 2. The molecule has 7 heteroatoms. The van der Waals surface area contributed by atoms with Crippen molar-refractivity contribution in [1.82, 2.24) is 10.2 Å². The molecule has 0 unspecified atom stereocenters. The van der Waals surface area contributed by atoms with Crippen molar-refractivity contribution in [3.63, 3.8) is 0 Å². The molecule has 0 spiro atoms. The number of alkyl halides is 3. The highest BCUT2D eigenvalue weighted by molar-refractivity contribution is 5.89. The molecular formula is C12H17F3N2O2. The van der Waals surface area contributed by atoms with E-state index in [0.29, 0.717) is 0 Å². The maximum atomic E-state index is 12.2. The molecule has 2 rings (SSSR count). The third-order valence-electron chi connectivity index (χ3n) is 3.66. The number of carbonyl (C=O) groups is 2. The number of hydrogen-bond acceptors (Lipinski definition) is 2. The quantitative estimate of drug-likeness (QED) is 0.849. The van der Waals surface area contributed by atoms with Gasteiger partial charge in [0, 0.05) is 19.0 Å². The van der Waals surface area contributed by atoms with Crippen molar-refractivity contribution in [2.24, 2.45) is 5.92 Å². The van der Waals surface area contributed by atoms with E-state index in [1.807, 2.05) is 0 Å². The van der Waals surface area contributed by atoms with Crippen molar-refractivity contribution in [1.29, 1.82) is 0 Å². The van der Waals surface area contributed by atoms with Crippen LogP contribution in [0.3, 0.4) is 0 Å². The Bertz CT molecular complexity index is 364. The van der Waals surface area contributed by atoms with E-state index in [0.717, 1.165) is 30.6 Å². The van der Waals surface area contributed by atoms with E-state index in [1.165, 1.54) is 0 Å². The van der Waals surface area contributed by atoms with Crippen LogP contribution >= 0.6 is 0 Å². The summed E-state index contributed by atoms with van der Waals surface area (Å²) >= 11 is 0. The summed E-state index contributed by atoms with van der Waals surface area (Å²) in [5.74, 6) is -1.52. The van der Waals surface area contributed by atoms with Crippen LogP contribution in [0.4, 0.5) is 13.2 Å². The number of rotatable bonds is 3. The molecule has 1 atom stereocenters. The van der Waals surface area contributed by atoms with E-state index >= 15 is 0 Å². The van der Waals surface area contributed by atoms with Crippen LogP contribution in [0.25, 0.3) is 0 Å². The molecule has 0 radical (unpaired) electrons. The highest BCUT2D eigenvalue weighted by atomic mass is 19.4. The zero-order valence-corrected chi connectivity index (χ0v) is 10.5. The molecule has 1 N–H and O–H groups in total. The number of hydrogen-bond donors (Lipinski definition) is 1. The van der Waals surface area contributed by atoms with Gasteiger partial charge in [0.05, 0.1) is 5.92 Å². The highest BCUT2D eigenvalue weighted by Crippen LogP contribution is 2.25. The molecule has 19 heavy (non-hydrogen) atoms. The molecule has 4 nitrogen and oxygen atoms in total. The van der Waals surface area contributed by atoms with E-state index in [9.17, 15) is 22.8 Å². The second kappa shape index (κ2) is 5.38. The second-order valence-electron chi connectivity index (χ2n) is 5.28. The first-order valence-corrected chi connectivity index (χ1v) is 6.50. The van der Waals surface area contributed by atoms with Crippen molar-refractivity contribution >= 4 is 11.8 Å². The maximum Gasteiger partial charge on any atom is 0.406 e. The average Bonchev–Trinajstić information content (AvgIpc) is 2.88. The minimum atomic E-state index is -4.41. The van der Waals surface area contributed by atoms with Crippen LogP contribution in [0.2, 0.25) is 0 Å². The van der Waals surface area contributed by atoms with Gasteiger partial charge in [-0.2, -0.15) is 13.2 Å². The van der Waals surface area contributed by atoms with Gasteiger partial charge in [-0.25, -0.2) is 0 Å². The molecule has 0 bridgehead atoms. The fourth-order valence-electron chi connectivity index (χ4n) is 2.71. The summed E-state index contributed by atoms with van der Waals surface area (Å²) in [4.78, 5) is 24.1. The van der Waals surface area contributed by atoms with Crippen molar-refractivity contribution in [2.75, 3.05) is 13.1 Å². The second-order valence-corrected chi connectivity index (χ2v) is 5.28. The topological polar surface area (TPSA) is 49.4 Å². The Hall–Kier alpha value is -1.27. The first-order valence-electron chi connectivity index (χ1n) is 6.50. The van der Waals surface area contributed by atoms with Gasteiger partial charge >= 0.3 is 6.18 Å². The Balaban J connectivity index is 1.85. The molecule has 1 aliphatic carbocycles. The minimum Gasteiger partial charge on any atom is -0.353 e. The molecule has 2 aliphatic rings. The lowest BCUT2D eigenvalue weighted by atomic mass is 10.1. The molecule has 2 amide bonds. The number of halogens is 3. The van der Waals surface area contributed by atoms with E-state index in [4.69, 9.17) is 0 Å². The van der Waals surface area contributed by atoms with Gasteiger partial charge in [-0.15, -0.1) is 0 Å². The monoisotopic (exact) mass is 278 g/mol. The molecule has 0 aromatic rings. The summed E-state index contributed by atoms with van der Waals surface area (Å²) in [5, 5.41) is 2.83. The maximum absolute atomic E-state index is 12.2. The summed E-state index contributed by atoms with van der Waals surface area (Å²) in [6, 6.07) is 0.124. The molecule has 0 aromatic heterocycles. The number of likely N-dealkylation sites (tertiary alicyclic amines) is 1. The number of nitrogens with zero attached hydrogens (tertiary/aromatic N) is 1. The van der Waals surface area contributed by atoms with Crippen molar-refractivity contribution in [3.05, 3.63) is 0 Å². The molecular weight excluding hydrogens is 261 g/mol. The fraction of sp³-hybridized carbons (Fsp3) is 0.833. The Morgan fingerprint density at radius 2 is 1.95 bits per heavy atom. The first kappa shape index (κ1) is 14.1. The van der Waals surface area contributed by atoms with Crippen molar-refractivity contribution in [3.8, 4) is 0 Å². The fourth-order valence-corrected chi connectivity index (χ4v) is 2.71. The first-order chi connectivity index (χ1) is 8.85. The van der Waals surface area contributed by atoms with Gasteiger partial charge in [-0.1, -0.05) is 12.8 Å². The lowest BCUT2D eigenvalue weighted by molar-refractivity contribution is -0.157. The van der Waals surface area contributed by atoms with Crippen LogP contribution in [-0.2, 0) is 9.59 Å². The average molecular weight is 278 g/mol. The van der Waals surface area contributed by atoms with Crippen molar-refractivity contribution in [2.45, 2.75) is 44.3 Å². The minimum absolute atomic E-state index is 0.116. The van der Waals surface area contributed by atoms with Gasteiger partial charge in [-0.05, 0) is 12.8 Å². The molecule has 108 valence electrons. The summed E-state index contributed by atoms with van der Waals surface area (Å²) < 4.78 is 36.7. The van der Waals surface area contributed by atoms with Crippen LogP contribution < -0.4 is 5.32 Å². The van der Waals surface area contributed by atoms with Crippen LogP contribution in [0.15, 0.2) is 0 Å². The zero-order chi connectivity index (χ0) is 14.0. The summed E-state index contributed by atoms with van der Waals surface area (Å²) in [5.41, 5.74) is 0. The van der Waals surface area contributed by atoms with Gasteiger partial charge in [0.15, 0.2) is 0 Å². The normalized spacial score (nSPS) is 25.1. The predicted octanol–water partition coefficient (Wildman–Crippen LogP) is 1.46. The largest absolute Gasteiger partial charge is 0.406 e. The predicted molar refractivity (Wildman–Crippen MR) is 61.1 cm³/mol. The third kappa shape index (κ3) is 3.84. The van der Waals surface area contributed by atoms with Crippen molar-refractivity contribution < 1.29 is 22.8 Å². The zero-order valence-electron chi connectivity index (χ0n) is 10.5. The standard InChI is InChI=1S/C12H17F3N2O2/c13-12(14,15)7-17-6-8(5-10(17)18)11(19)16-9-3-1-2-4-9/h8-9H,1-7H2,(H,16,19)/t8-/m0/s1. The highest BCUT2D eigenvalue weighted by Gasteiger charge is 2.40. The summed E-state index contributed by atoms with van der Waals surface area (Å²) in [7, 11) is 0. The van der Waals surface area contributed by atoms with Crippen LogP contribution in [0.1, 0.15) is 32.1 Å². The van der Waals surface area contributed by atoms with Gasteiger partial charge < -0.3 is 10.2 Å². The third-order valence-corrected chi connectivity index (χ3v) is 3.66. The molecule has 2 fully saturated rings. The number of nitrogens with one attached hydrogen (secondary N) is 1.